The van der Waals surface area contributed by atoms with Crippen LogP contribution in [0, 0.1) is 24.0 Å². The summed E-state index contributed by atoms with van der Waals surface area (Å²) in [4.78, 5) is 15.2. The van der Waals surface area contributed by atoms with Crippen LogP contribution in [-0.2, 0) is 6.42 Å². The van der Waals surface area contributed by atoms with E-state index >= 15 is 0 Å². The lowest BCUT2D eigenvalue weighted by atomic mass is 10.0. The number of nitro groups is 1. The number of nitrogens with zero attached hydrogens (tertiary/aromatic N) is 2. The number of anilines is 1. The molecule has 6 nitrogen and oxygen atoms in total. The second-order valence-corrected chi connectivity index (χ2v) is 4.48. The van der Waals surface area contributed by atoms with Gasteiger partial charge < -0.3 is 5.43 Å². The van der Waals surface area contributed by atoms with Gasteiger partial charge in [0.2, 0.25) is 0 Å². The largest absolute Gasteiger partial charge is 0.308 e. The Morgan fingerprint density at radius 1 is 1.42 bits per heavy atom. The van der Waals surface area contributed by atoms with Crippen molar-refractivity contribution < 1.29 is 4.92 Å². The number of fused-ring (bicyclic) bond motifs is 1. The van der Waals surface area contributed by atoms with Gasteiger partial charge in [0.15, 0.2) is 0 Å². The van der Waals surface area contributed by atoms with E-state index in [0.29, 0.717) is 11.4 Å². The minimum Gasteiger partial charge on any atom is -0.308 e. The van der Waals surface area contributed by atoms with E-state index in [1.165, 1.54) is 0 Å². The van der Waals surface area contributed by atoms with E-state index in [1.54, 1.807) is 13.0 Å². The SMILES string of the molecule is CCc1cc2c(C)c([N+](=O)[O-])cc(C)c2nc1NN. The number of hydrogen-bond donors (Lipinski definition) is 2. The fourth-order valence-electron chi connectivity index (χ4n) is 2.25. The molecule has 0 fully saturated rings. The summed E-state index contributed by atoms with van der Waals surface area (Å²) in [6.45, 7) is 5.55. The molecule has 0 saturated heterocycles. The fraction of sp³-hybridized carbons (Fsp3) is 0.308. The van der Waals surface area contributed by atoms with Crippen molar-refractivity contribution in [3.05, 3.63) is 38.9 Å². The molecular weight excluding hydrogens is 244 g/mol. The molecular formula is C13H16N4O2. The van der Waals surface area contributed by atoms with Gasteiger partial charge in [0.05, 0.1) is 10.4 Å². The molecule has 1 heterocycles. The van der Waals surface area contributed by atoms with Gasteiger partial charge >= 0.3 is 0 Å². The van der Waals surface area contributed by atoms with Crippen LogP contribution in [0.3, 0.4) is 0 Å². The van der Waals surface area contributed by atoms with Gasteiger partial charge in [0.25, 0.3) is 5.69 Å². The highest BCUT2D eigenvalue weighted by atomic mass is 16.6. The molecule has 0 amide bonds. The third kappa shape index (κ3) is 2.10. The number of nitrogen functional groups attached to an aromatic ring is 1. The van der Waals surface area contributed by atoms with Gasteiger partial charge in [-0.3, -0.25) is 10.1 Å². The molecule has 0 radical (unpaired) electrons. The average molecular weight is 260 g/mol. The second kappa shape index (κ2) is 4.81. The average Bonchev–Trinajstić information content (AvgIpc) is 2.40. The maximum atomic E-state index is 11.0. The normalized spacial score (nSPS) is 10.7. The molecule has 0 aliphatic carbocycles. The Morgan fingerprint density at radius 2 is 2.11 bits per heavy atom. The summed E-state index contributed by atoms with van der Waals surface area (Å²) in [5.74, 6) is 6.08. The van der Waals surface area contributed by atoms with Crippen molar-refractivity contribution in [2.45, 2.75) is 27.2 Å². The summed E-state index contributed by atoms with van der Waals surface area (Å²) in [5, 5.41) is 11.9. The zero-order valence-electron chi connectivity index (χ0n) is 11.2. The van der Waals surface area contributed by atoms with Crippen molar-refractivity contribution in [1.82, 2.24) is 4.98 Å². The number of rotatable bonds is 3. The Balaban J connectivity index is 2.87. The smallest absolute Gasteiger partial charge is 0.273 e. The molecule has 0 aliphatic heterocycles. The highest BCUT2D eigenvalue weighted by molar-refractivity contribution is 5.90. The van der Waals surface area contributed by atoms with Crippen LogP contribution < -0.4 is 11.3 Å². The summed E-state index contributed by atoms with van der Waals surface area (Å²) in [6, 6.07) is 3.48. The molecule has 2 rings (SSSR count). The number of aromatic nitrogens is 1. The Labute approximate surface area is 110 Å². The van der Waals surface area contributed by atoms with E-state index < -0.39 is 0 Å². The standard InChI is InChI=1S/C13H16N4O2/c1-4-9-6-10-8(3)11(17(18)19)5-7(2)12(10)15-13(9)16-14/h5-6H,4,14H2,1-3H3,(H,15,16). The highest BCUT2D eigenvalue weighted by Gasteiger charge is 2.17. The van der Waals surface area contributed by atoms with Gasteiger partial charge in [0.1, 0.15) is 5.82 Å². The molecule has 0 unspecified atom stereocenters. The van der Waals surface area contributed by atoms with Crippen LogP contribution >= 0.6 is 0 Å². The van der Waals surface area contributed by atoms with Crippen LogP contribution in [0.25, 0.3) is 10.9 Å². The molecule has 2 aromatic rings. The number of pyridine rings is 1. The highest BCUT2D eigenvalue weighted by Crippen LogP contribution is 2.31. The molecule has 0 atom stereocenters. The van der Waals surface area contributed by atoms with E-state index in [-0.39, 0.29) is 10.6 Å². The lowest BCUT2D eigenvalue weighted by Gasteiger charge is -2.11. The topological polar surface area (TPSA) is 94.1 Å². The number of nitro benzene ring substituents is 1. The molecule has 6 heteroatoms. The van der Waals surface area contributed by atoms with E-state index in [1.807, 2.05) is 19.9 Å². The summed E-state index contributed by atoms with van der Waals surface area (Å²) in [7, 11) is 0. The van der Waals surface area contributed by atoms with Gasteiger partial charge in [-0.2, -0.15) is 0 Å². The predicted molar refractivity (Wildman–Crippen MR) is 75.1 cm³/mol. The third-order valence-electron chi connectivity index (χ3n) is 3.33. The van der Waals surface area contributed by atoms with Gasteiger partial charge in [-0.1, -0.05) is 6.92 Å². The van der Waals surface area contributed by atoms with Crippen LogP contribution in [0.5, 0.6) is 0 Å². The van der Waals surface area contributed by atoms with Crippen molar-refractivity contribution in [2.24, 2.45) is 5.84 Å². The number of hydrogen-bond acceptors (Lipinski definition) is 5. The first kappa shape index (κ1) is 13.2. The molecule has 3 N–H and O–H groups in total. The van der Waals surface area contributed by atoms with E-state index in [2.05, 4.69) is 10.4 Å². The van der Waals surface area contributed by atoms with Crippen molar-refractivity contribution in [2.75, 3.05) is 5.43 Å². The van der Waals surface area contributed by atoms with E-state index in [4.69, 9.17) is 5.84 Å². The van der Waals surface area contributed by atoms with Crippen molar-refractivity contribution in [3.8, 4) is 0 Å². The summed E-state index contributed by atoms with van der Waals surface area (Å²) in [6.07, 6.45) is 0.754. The lowest BCUT2D eigenvalue weighted by Crippen LogP contribution is -2.11. The lowest BCUT2D eigenvalue weighted by molar-refractivity contribution is -0.385. The third-order valence-corrected chi connectivity index (χ3v) is 3.33. The zero-order valence-corrected chi connectivity index (χ0v) is 11.2. The quantitative estimate of drug-likeness (QED) is 0.502. The van der Waals surface area contributed by atoms with Gasteiger partial charge in [-0.05, 0) is 37.5 Å². The Morgan fingerprint density at radius 3 is 2.63 bits per heavy atom. The Bertz CT molecular complexity index is 667. The van der Waals surface area contributed by atoms with Crippen LogP contribution in [0.1, 0.15) is 23.6 Å². The maximum Gasteiger partial charge on any atom is 0.273 e. The summed E-state index contributed by atoms with van der Waals surface area (Å²) < 4.78 is 0. The van der Waals surface area contributed by atoms with Gasteiger partial charge in [0, 0.05) is 17.0 Å². The Hall–Kier alpha value is -2.21. The molecule has 19 heavy (non-hydrogen) atoms. The first-order valence-corrected chi connectivity index (χ1v) is 6.04. The molecule has 1 aromatic heterocycles. The van der Waals surface area contributed by atoms with Crippen LogP contribution in [0.2, 0.25) is 0 Å². The van der Waals surface area contributed by atoms with Crippen LogP contribution in [-0.4, -0.2) is 9.91 Å². The first-order valence-electron chi connectivity index (χ1n) is 6.04. The van der Waals surface area contributed by atoms with Crippen LogP contribution in [0.4, 0.5) is 11.5 Å². The minimum absolute atomic E-state index is 0.127. The summed E-state index contributed by atoms with van der Waals surface area (Å²) >= 11 is 0. The first-order chi connectivity index (χ1) is 8.99. The Kier molecular flexibility index (Phi) is 3.35. The predicted octanol–water partition coefficient (Wildman–Crippen LogP) is 2.61. The van der Waals surface area contributed by atoms with Crippen molar-refractivity contribution >= 4 is 22.4 Å². The molecule has 100 valence electrons. The number of hydrazine groups is 1. The molecule has 0 bridgehead atoms. The van der Waals surface area contributed by atoms with E-state index in [0.717, 1.165) is 28.5 Å². The summed E-state index contributed by atoms with van der Waals surface area (Å²) in [5.41, 5.74) is 5.80. The minimum atomic E-state index is -0.359. The molecule has 0 spiro atoms. The molecule has 0 aliphatic rings. The van der Waals surface area contributed by atoms with E-state index in [9.17, 15) is 10.1 Å². The number of nitrogens with one attached hydrogen (secondary N) is 1. The molecule has 1 aromatic carbocycles. The van der Waals surface area contributed by atoms with Crippen molar-refractivity contribution in [3.63, 3.8) is 0 Å². The number of aryl methyl sites for hydroxylation is 3. The number of benzene rings is 1. The zero-order chi connectivity index (χ0) is 14.2. The van der Waals surface area contributed by atoms with Crippen LogP contribution in [0.15, 0.2) is 12.1 Å². The van der Waals surface area contributed by atoms with Gasteiger partial charge in [-0.25, -0.2) is 10.8 Å². The monoisotopic (exact) mass is 260 g/mol. The fourth-order valence-corrected chi connectivity index (χ4v) is 2.25. The van der Waals surface area contributed by atoms with Gasteiger partial charge in [-0.15, -0.1) is 0 Å². The molecule has 0 saturated carbocycles. The number of nitrogens with two attached hydrogens (primary N) is 1. The second-order valence-electron chi connectivity index (χ2n) is 4.48. The van der Waals surface area contributed by atoms with Crippen molar-refractivity contribution in [1.29, 1.82) is 0 Å². The maximum absolute atomic E-state index is 11.0.